The SMILES string of the molecule is Clc1ccn2c(C3CCCCNC3)nc(Cl)c2c1. The van der Waals surface area contributed by atoms with Crippen molar-refractivity contribution >= 4 is 28.7 Å². The Hall–Kier alpha value is -0.770. The predicted octanol–water partition coefficient (Wildman–Crippen LogP) is 3.50. The predicted molar refractivity (Wildman–Crippen MR) is 74.7 cm³/mol. The van der Waals surface area contributed by atoms with Crippen LogP contribution in [-0.4, -0.2) is 22.5 Å². The minimum Gasteiger partial charge on any atom is -0.316 e. The Morgan fingerprint density at radius 3 is 3.11 bits per heavy atom. The molecular weight excluding hydrogens is 269 g/mol. The van der Waals surface area contributed by atoms with Gasteiger partial charge in [-0.1, -0.05) is 29.6 Å². The number of imidazole rings is 1. The molecule has 1 unspecified atom stereocenters. The highest BCUT2D eigenvalue weighted by atomic mass is 35.5. The summed E-state index contributed by atoms with van der Waals surface area (Å²) in [6, 6.07) is 3.74. The number of nitrogens with one attached hydrogen (secondary N) is 1. The van der Waals surface area contributed by atoms with Crippen LogP contribution in [0.3, 0.4) is 0 Å². The van der Waals surface area contributed by atoms with Gasteiger partial charge in [0.25, 0.3) is 0 Å². The Labute approximate surface area is 116 Å². The van der Waals surface area contributed by atoms with E-state index in [1.54, 1.807) is 0 Å². The highest BCUT2D eigenvalue weighted by Gasteiger charge is 2.20. The third kappa shape index (κ3) is 2.22. The minimum atomic E-state index is 0.425. The Morgan fingerprint density at radius 2 is 2.22 bits per heavy atom. The number of pyridine rings is 1. The van der Waals surface area contributed by atoms with Crippen molar-refractivity contribution in [1.29, 1.82) is 0 Å². The fourth-order valence-electron chi connectivity index (χ4n) is 2.57. The molecule has 1 saturated heterocycles. The first-order chi connectivity index (χ1) is 8.75. The molecule has 1 aliphatic rings. The third-order valence-corrected chi connectivity index (χ3v) is 4.01. The molecule has 2 aromatic heterocycles. The first kappa shape index (κ1) is 12.3. The molecule has 96 valence electrons. The minimum absolute atomic E-state index is 0.425. The van der Waals surface area contributed by atoms with E-state index in [1.807, 2.05) is 18.3 Å². The van der Waals surface area contributed by atoms with Gasteiger partial charge < -0.3 is 9.72 Å². The highest BCUT2D eigenvalue weighted by Crippen LogP contribution is 2.28. The van der Waals surface area contributed by atoms with E-state index in [-0.39, 0.29) is 0 Å². The van der Waals surface area contributed by atoms with Crippen LogP contribution in [0, 0.1) is 0 Å². The molecule has 1 N–H and O–H groups in total. The van der Waals surface area contributed by atoms with Gasteiger partial charge >= 0.3 is 0 Å². The second-order valence-electron chi connectivity index (χ2n) is 4.76. The van der Waals surface area contributed by atoms with Gasteiger partial charge in [0, 0.05) is 23.7 Å². The van der Waals surface area contributed by atoms with Crippen LogP contribution >= 0.6 is 23.2 Å². The van der Waals surface area contributed by atoms with Crippen molar-refractivity contribution in [3.8, 4) is 0 Å². The third-order valence-electron chi connectivity index (χ3n) is 3.50. The molecule has 1 aliphatic heterocycles. The zero-order valence-electron chi connectivity index (χ0n) is 10.00. The smallest absolute Gasteiger partial charge is 0.155 e. The van der Waals surface area contributed by atoms with Gasteiger partial charge in [0.1, 0.15) is 5.82 Å². The zero-order chi connectivity index (χ0) is 12.5. The van der Waals surface area contributed by atoms with E-state index in [2.05, 4.69) is 14.7 Å². The van der Waals surface area contributed by atoms with Gasteiger partial charge in [-0.25, -0.2) is 4.98 Å². The van der Waals surface area contributed by atoms with Gasteiger partial charge in [0.15, 0.2) is 5.15 Å². The molecule has 0 radical (unpaired) electrons. The number of aromatic nitrogens is 2. The second kappa shape index (κ2) is 5.08. The lowest BCUT2D eigenvalue weighted by Gasteiger charge is -2.12. The molecule has 3 nitrogen and oxygen atoms in total. The maximum atomic E-state index is 6.20. The largest absolute Gasteiger partial charge is 0.316 e. The van der Waals surface area contributed by atoms with Crippen molar-refractivity contribution in [2.45, 2.75) is 25.2 Å². The summed E-state index contributed by atoms with van der Waals surface area (Å²) in [5, 5.41) is 4.69. The Balaban J connectivity index is 2.05. The topological polar surface area (TPSA) is 29.3 Å². The second-order valence-corrected chi connectivity index (χ2v) is 5.55. The Bertz CT molecular complexity index is 557. The Morgan fingerprint density at radius 1 is 1.33 bits per heavy atom. The zero-order valence-corrected chi connectivity index (χ0v) is 11.5. The van der Waals surface area contributed by atoms with E-state index in [4.69, 9.17) is 23.2 Å². The van der Waals surface area contributed by atoms with Crippen molar-refractivity contribution in [3.63, 3.8) is 0 Å². The molecule has 1 fully saturated rings. The van der Waals surface area contributed by atoms with E-state index < -0.39 is 0 Å². The van der Waals surface area contributed by atoms with Crippen LogP contribution in [0.5, 0.6) is 0 Å². The van der Waals surface area contributed by atoms with Gasteiger partial charge in [-0.3, -0.25) is 0 Å². The highest BCUT2D eigenvalue weighted by molar-refractivity contribution is 6.34. The number of hydrogen-bond donors (Lipinski definition) is 1. The van der Waals surface area contributed by atoms with Gasteiger partial charge in [-0.05, 0) is 31.5 Å². The number of nitrogens with zero attached hydrogens (tertiary/aromatic N) is 2. The normalized spacial score (nSPS) is 21.1. The molecule has 5 heteroatoms. The van der Waals surface area contributed by atoms with Crippen LogP contribution < -0.4 is 5.32 Å². The van der Waals surface area contributed by atoms with E-state index in [1.165, 1.54) is 12.8 Å². The van der Waals surface area contributed by atoms with Crippen LogP contribution in [-0.2, 0) is 0 Å². The van der Waals surface area contributed by atoms with Gasteiger partial charge in [0.05, 0.1) is 5.52 Å². The van der Waals surface area contributed by atoms with Crippen LogP contribution in [0.1, 0.15) is 31.0 Å². The molecule has 3 rings (SSSR count). The molecule has 3 heterocycles. The summed E-state index contributed by atoms with van der Waals surface area (Å²) in [7, 11) is 0. The fourth-order valence-corrected chi connectivity index (χ4v) is 2.96. The summed E-state index contributed by atoms with van der Waals surface area (Å²) in [6.07, 6.45) is 5.58. The lowest BCUT2D eigenvalue weighted by molar-refractivity contribution is 0.576. The van der Waals surface area contributed by atoms with Crippen LogP contribution in [0.4, 0.5) is 0 Å². The summed E-state index contributed by atoms with van der Waals surface area (Å²) in [5.41, 5.74) is 0.892. The molecule has 0 aliphatic carbocycles. The molecule has 0 spiro atoms. The van der Waals surface area contributed by atoms with E-state index in [0.717, 1.165) is 30.9 Å². The standard InChI is InChI=1S/C13H15Cl2N3/c14-10-4-6-18-11(7-10)12(15)17-13(18)9-3-1-2-5-16-8-9/h4,6-7,9,16H,1-3,5,8H2. The molecule has 0 aromatic carbocycles. The van der Waals surface area contributed by atoms with Crippen LogP contribution in [0.15, 0.2) is 18.3 Å². The lowest BCUT2D eigenvalue weighted by Crippen LogP contribution is -2.20. The summed E-state index contributed by atoms with van der Waals surface area (Å²) in [4.78, 5) is 4.53. The maximum Gasteiger partial charge on any atom is 0.155 e. The summed E-state index contributed by atoms with van der Waals surface area (Å²) in [6.45, 7) is 2.07. The van der Waals surface area contributed by atoms with Gasteiger partial charge in [-0.15, -0.1) is 0 Å². The number of hydrogen-bond acceptors (Lipinski definition) is 2. The number of fused-ring (bicyclic) bond motifs is 1. The van der Waals surface area contributed by atoms with E-state index >= 15 is 0 Å². The lowest BCUT2D eigenvalue weighted by atomic mass is 10.0. The van der Waals surface area contributed by atoms with Crippen LogP contribution in [0.25, 0.3) is 5.52 Å². The molecule has 0 saturated carbocycles. The summed E-state index contributed by atoms with van der Waals surface area (Å²) in [5.74, 6) is 1.47. The first-order valence-electron chi connectivity index (χ1n) is 6.29. The molecule has 2 aromatic rings. The average Bonchev–Trinajstić information content (AvgIpc) is 2.58. The number of halogens is 2. The van der Waals surface area contributed by atoms with Gasteiger partial charge in [0.2, 0.25) is 0 Å². The monoisotopic (exact) mass is 283 g/mol. The van der Waals surface area contributed by atoms with Crippen molar-refractivity contribution in [2.75, 3.05) is 13.1 Å². The van der Waals surface area contributed by atoms with Gasteiger partial charge in [-0.2, -0.15) is 0 Å². The molecular formula is C13H15Cl2N3. The van der Waals surface area contributed by atoms with Crippen molar-refractivity contribution in [1.82, 2.24) is 14.7 Å². The van der Waals surface area contributed by atoms with Crippen molar-refractivity contribution in [3.05, 3.63) is 34.3 Å². The van der Waals surface area contributed by atoms with Crippen LogP contribution in [0.2, 0.25) is 10.2 Å². The first-order valence-corrected chi connectivity index (χ1v) is 7.05. The molecule has 18 heavy (non-hydrogen) atoms. The number of rotatable bonds is 1. The van der Waals surface area contributed by atoms with Crippen molar-refractivity contribution < 1.29 is 0 Å². The maximum absolute atomic E-state index is 6.20. The van der Waals surface area contributed by atoms with Crippen molar-refractivity contribution in [2.24, 2.45) is 0 Å². The average molecular weight is 284 g/mol. The molecule has 1 atom stereocenters. The van der Waals surface area contributed by atoms with E-state index in [0.29, 0.717) is 16.1 Å². The molecule has 0 bridgehead atoms. The summed E-state index contributed by atoms with van der Waals surface area (Å²) < 4.78 is 2.06. The summed E-state index contributed by atoms with van der Waals surface area (Å²) >= 11 is 12.2. The molecule has 0 amide bonds. The Kier molecular flexibility index (Phi) is 3.46. The fraction of sp³-hybridized carbons (Fsp3) is 0.462. The quantitative estimate of drug-likeness (QED) is 0.868. The van der Waals surface area contributed by atoms with E-state index in [9.17, 15) is 0 Å².